The van der Waals surface area contributed by atoms with Gasteiger partial charge in [0.05, 0.1) is 26.0 Å². The van der Waals surface area contributed by atoms with Crippen molar-refractivity contribution < 1.29 is 9.47 Å². The predicted molar refractivity (Wildman–Crippen MR) is 82.0 cm³/mol. The van der Waals surface area contributed by atoms with Crippen molar-refractivity contribution in [3.8, 4) is 11.6 Å². The van der Waals surface area contributed by atoms with E-state index < -0.39 is 0 Å². The maximum Gasteiger partial charge on any atom is 0.216 e. The Hall–Kier alpha value is -2.14. The number of ether oxygens (including phenoxy) is 2. The number of nitrogens with one attached hydrogen (secondary N) is 1. The van der Waals surface area contributed by atoms with Crippen molar-refractivity contribution in [1.29, 1.82) is 0 Å². The molecule has 5 nitrogen and oxygen atoms in total. The highest BCUT2D eigenvalue weighted by molar-refractivity contribution is 5.49. The van der Waals surface area contributed by atoms with Crippen LogP contribution in [0.2, 0.25) is 0 Å². The van der Waals surface area contributed by atoms with Crippen molar-refractivity contribution in [2.24, 2.45) is 0 Å². The molecule has 2 rings (SSSR count). The summed E-state index contributed by atoms with van der Waals surface area (Å²) in [5, 5.41) is 3.28. The van der Waals surface area contributed by atoms with E-state index in [1.807, 2.05) is 13.1 Å². The molecule has 0 aliphatic carbocycles. The minimum Gasteiger partial charge on any atom is -0.496 e. The lowest BCUT2D eigenvalue weighted by Gasteiger charge is -2.21. The molecule has 1 heterocycles. The molecular weight excluding hydrogens is 266 g/mol. The zero-order valence-corrected chi connectivity index (χ0v) is 13.1. The van der Waals surface area contributed by atoms with Gasteiger partial charge in [-0.1, -0.05) is 12.1 Å². The lowest BCUT2D eigenvalue weighted by molar-refractivity contribution is 0.392. The Bertz CT molecular complexity index is 629. The van der Waals surface area contributed by atoms with Crippen LogP contribution in [-0.4, -0.2) is 31.2 Å². The Labute approximate surface area is 125 Å². The summed E-state index contributed by atoms with van der Waals surface area (Å²) in [5.41, 5.74) is 4.22. The first-order chi connectivity index (χ1) is 10.1. The normalized spacial score (nSPS) is 12.0. The third-order valence-electron chi connectivity index (χ3n) is 3.68. The fraction of sp³-hybridized carbons (Fsp3) is 0.375. The highest BCUT2D eigenvalue weighted by Gasteiger charge is 2.20. The topological polar surface area (TPSA) is 56.3 Å². The molecule has 1 aromatic carbocycles. The average Bonchev–Trinajstić information content (AvgIpc) is 2.52. The molecule has 5 heteroatoms. The zero-order valence-electron chi connectivity index (χ0n) is 13.1. The molecule has 2 aromatic rings. The molecule has 0 saturated carbocycles. The number of benzene rings is 1. The van der Waals surface area contributed by atoms with E-state index in [0.29, 0.717) is 5.88 Å². The standard InChI is InChI=1S/C16H21N3O2/c1-10-6-7-12(16(21-5)11(10)2)15(17-3)13-8-14(20-4)19-9-18-13/h6-9,15,17H,1-5H3. The summed E-state index contributed by atoms with van der Waals surface area (Å²) in [6.45, 7) is 4.13. The first-order valence-electron chi connectivity index (χ1n) is 6.79. The number of methoxy groups -OCH3 is 2. The maximum atomic E-state index is 5.60. The first kappa shape index (κ1) is 15.3. The Balaban J connectivity index is 2.53. The van der Waals surface area contributed by atoms with Crippen LogP contribution >= 0.6 is 0 Å². The van der Waals surface area contributed by atoms with Crippen LogP contribution in [0.1, 0.15) is 28.4 Å². The van der Waals surface area contributed by atoms with Gasteiger partial charge < -0.3 is 14.8 Å². The highest BCUT2D eigenvalue weighted by Crippen LogP contribution is 2.33. The van der Waals surface area contributed by atoms with E-state index in [-0.39, 0.29) is 6.04 Å². The zero-order chi connectivity index (χ0) is 15.4. The van der Waals surface area contributed by atoms with Crippen molar-refractivity contribution in [2.45, 2.75) is 19.9 Å². The smallest absolute Gasteiger partial charge is 0.216 e. The van der Waals surface area contributed by atoms with Gasteiger partial charge in [-0.3, -0.25) is 0 Å². The third kappa shape index (κ3) is 2.97. The lowest BCUT2D eigenvalue weighted by Crippen LogP contribution is -2.20. The summed E-state index contributed by atoms with van der Waals surface area (Å²) in [6.07, 6.45) is 1.51. The van der Waals surface area contributed by atoms with E-state index in [9.17, 15) is 0 Å². The van der Waals surface area contributed by atoms with Gasteiger partial charge in [0.2, 0.25) is 5.88 Å². The van der Waals surface area contributed by atoms with Crippen molar-refractivity contribution in [3.63, 3.8) is 0 Å². The molecule has 0 saturated heterocycles. The van der Waals surface area contributed by atoms with Crippen molar-refractivity contribution in [2.75, 3.05) is 21.3 Å². The maximum absolute atomic E-state index is 5.60. The molecule has 0 fully saturated rings. The van der Waals surface area contributed by atoms with Gasteiger partial charge in [0.25, 0.3) is 0 Å². The molecule has 1 N–H and O–H groups in total. The minimum atomic E-state index is -0.0869. The number of hydrogen-bond acceptors (Lipinski definition) is 5. The fourth-order valence-electron chi connectivity index (χ4n) is 2.40. The Morgan fingerprint density at radius 2 is 1.86 bits per heavy atom. The molecule has 1 unspecified atom stereocenters. The third-order valence-corrected chi connectivity index (χ3v) is 3.68. The van der Waals surface area contributed by atoms with E-state index in [0.717, 1.165) is 22.6 Å². The van der Waals surface area contributed by atoms with Gasteiger partial charge in [-0.2, -0.15) is 0 Å². The van der Waals surface area contributed by atoms with Crippen molar-refractivity contribution in [3.05, 3.63) is 46.9 Å². The number of hydrogen-bond donors (Lipinski definition) is 1. The molecule has 21 heavy (non-hydrogen) atoms. The van der Waals surface area contributed by atoms with Crippen LogP contribution in [0, 0.1) is 13.8 Å². The Morgan fingerprint density at radius 3 is 2.48 bits per heavy atom. The summed E-state index contributed by atoms with van der Waals surface area (Å²) < 4.78 is 10.8. The first-order valence-corrected chi connectivity index (χ1v) is 6.79. The minimum absolute atomic E-state index is 0.0869. The second kappa shape index (κ2) is 6.54. The van der Waals surface area contributed by atoms with Crippen LogP contribution < -0.4 is 14.8 Å². The van der Waals surface area contributed by atoms with Gasteiger partial charge in [-0.15, -0.1) is 0 Å². The van der Waals surface area contributed by atoms with Crippen LogP contribution in [0.15, 0.2) is 24.5 Å². The van der Waals surface area contributed by atoms with Crippen LogP contribution in [0.4, 0.5) is 0 Å². The highest BCUT2D eigenvalue weighted by atomic mass is 16.5. The number of rotatable bonds is 5. The van der Waals surface area contributed by atoms with E-state index in [4.69, 9.17) is 9.47 Å². The summed E-state index contributed by atoms with van der Waals surface area (Å²) >= 11 is 0. The number of nitrogens with zero attached hydrogens (tertiary/aromatic N) is 2. The molecule has 0 spiro atoms. The van der Waals surface area contributed by atoms with Gasteiger partial charge in [-0.05, 0) is 32.0 Å². The van der Waals surface area contributed by atoms with Gasteiger partial charge >= 0.3 is 0 Å². The van der Waals surface area contributed by atoms with E-state index in [1.165, 1.54) is 11.9 Å². The van der Waals surface area contributed by atoms with Gasteiger partial charge in [0.15, 0.2) is 0 Å². The number of aromatic nitrogens is 2. The molecule has 0 aliphatic rings. The summed E-state index contributed by atoms with van der Waals surface area (Å²) in [6, 6.07) is 5.90. The average molecular weight is 287 g/mol. The Morgan fingerprint density at radius 1 is 1.10 bits per heavy atom. The second-order valence-corrected chi connectivity index (χ2v) is 4.84. The van der Waals surface area contributed by atoms with E-state index >= 15 is 0 Å². The molecular formula is C16H21N3O2. The number of aryl methyl sites for hydroxylation is 1. The van der Waals surface area contributed by atoms with Gasteiger partial charge in [0.1, 0.15) is 12.1 Å². The quantitative estimate of drug-likeness (QED) is 0.915. The summed E-state index contributed by atoms with van der Waals surface area (Å²) in [7, 11) is 5.18. The largest absolute Gasteiger partial charge is 0.496 e. The molecule has 0 bridgehead atoms. The Kier molecular flexibility index (Phi) is 4.75. The van der Waals surface area contributed by atoms with Crippen molar-refractivity contribution in [1.82, 2.24) is 15.3 Å². The molecule has 1 aromatic heterocycles. The van der Waals surface area contributed by atoms with Crippen LogP contribution in [0.5, 0.6) is 11.6 Å². The molecule has 112 valence electrons. The molecule has 1 atom stereocenters. The van der Waals surface area contributed by atoms with Crippen LogP contribution in [0.25, 0.3) is 0 Å². The molecule has 0 aliphatic heterocycles. The summed E-state index contributed by atoms with van der Waals surface area (Å²) in [4.78, 5) is 8.40. The van der Waals surface area contributed by atoms with E-state index in [2.05, 4.69) is 41.3 Å². The van der Waals surface area contributed by atoms with Crippen LogP contribution in [0.3, 0.4) is 0 Å². The predicted octanol–water partition coefficient (Wildman–Crippen LogP) is 2.42. The van der Waals surface area contributed by atoms with Gasteiger partial charge in [0, 0.05) is 11.6 Å². The molecule has 0 amide bonds. The van der Waals surface area contributed by atoms with Crippen molar-refractivity contribution >= 4 is 0 Å². The second-order valence-electron chi connectivity index (χ2n) is 4.84. The van der Waals surface area contributed by atoms with Crippen LogP contribution in [-0.2, 0) is 0 Å². The fourth-order valence-corrected chi connectivity index (χ4v) is 2.40. The summed E-state index contributed by atoms with van der Waals surface area (Å²) in [5.74, 6) is 1.43. The van der Waals surface area contributed by atoms with E-state index in [1.54, 1.807) is 14.2 Å². The monoisotopic (exact) mass is 287 g/mol. The SMILES string of the molecule is CNC(c1cc(OC)ncn1)c1ccc(C)c(C)c1OC. The molecule has 0 radical (unpaired) electrons. The lowest BCUT2D eigenvalue weighted by atomic mass is 9.97. The van der Waals surface area contributed by atoms with Gasteiger partial charge in [-0.25, -0.2) is 9.97 Å².